The van der Waals surface area contributed by atoms with Crippen LogP contribution in [-0.4, -0.2) is 55.8 Å². The summed E-state index contributed by atoms with van der Waals surface area (Å²) in [5.41, 5.74) is 2.91. The van der Waals surface area contributed by atoms with Gasteiger partial charge in [0.15, 0.2) is 0 Å². The summed E-state index contributed by atoms with van der Waals surface area (Å²) in [6, 6.07) is -0.208. The van der Waals surface area contributed by atoms with Crippen molar-refractivity contribution in [3.05, 3.63) is 17.0 Å². The van der Waals surface area contributed by atoms with Crippen molar-refractivity contribution in [1.29, 1.82) is 0 Å². The van der Waals surface area contributed by atoms with Gasteiger partial charge in [0.05, 0.1) is 24.6 Å². The molecule has 1 N–H and O–H groups in total. The van der Waals surface area contributed by atoms with Crippen LogP contribution in [0.5, 0.6) is 0 Å². The molecule has 0 aromatic carbocycles. The van der Waals surface area contributed by atoms with E-state index in [1.165, 1.54) is 0 Å². The van der Waals surface area contributed by atoms with E-state index in [1.807, 2.05) is 18.5 Å². The second-order valence-electron chi connectivity index (χ2n) is 6.82. The van der Waals surface area contributed by atoms with Gasteiger partial charge >= 0.3 is 5.97 Å². The molecule has 1 aromatic rings. The normalized spacial score (nSPS) is 18.2. The molecule has 1 saturated heterocycles. The molecular formula is C17H27N3O3S. The lowest BCUT2D eigenvalue weighted by Crippen LogP contribution is -2.47. The van der Waals surface area contributed by atoms with Gasteiger partial charge in [-0.1, -0.05) is 13.8 Å². The van der Waals surface area contributed by atoms with Gasteiger partial charge in [0.2, 0.25) is 5.91 Å². The summed E-state index contributed by atoms with van der Waals surface area (Å²) in [7, 11) is 0. The zero-order valence-electron chi connectivity index (χ0n) is 14.9. The fourth-order valence-electron chi connectivity index (χ4n) is 3.12. The van der Waals surface area contributed by atoms with Crippen molar-refractivity contribution in [2.24, 2.45) is 5.92 Å². The van der Waals surface area contributed by atoms with Crippen LogP contribution < -0.4 is 0 Å². The zero-order valence-corrected chi connectivity index (χ0v) is 15.7. The number of aromatic nitrogens is 2. The molecule has 1 atom stereocenters. The number of nitrogens with zero attached hydrogens (tertiary/aromatic N) is 3. The standard InChI is InChI=1S/C17H27N3O3S/c1-11(2)9-20-13(4)15(12(3)18-20)8-16(21)19-5-6-24-10-14(19)7-17(22)23/h11,14H,5-10H2,1-4H3,(H,22,23). The molecule has 7 heteroatoms. The maximum absolute atomic E-state index is 12.8. The van der Waals surface area contributed by atoms with Gasteiger partial charge < -0.3 is 10.0 Å². The Morgan fingerprint density at radius 3 is 2.71 bits per heavy atom. The van der Waals surface area contributed by atoms with Gasteiger partial charge in [-0.2, -0.15) is 16.9 Å². The molecule has 1 aliphatic heterocycles. The third-order valence-corrected chi connectivity index (χ3v) is 5.45. The second kappa shape index (κ2) is 8.05. The van der Waals surface area contributed by atoms with Crippen LogP contribution in [0, 0.1) is 19.8 Å². The molecule has 0 spiro atoms. The van der Waals surface area contributed by atoms with Crippen molar-refractivity contribution >= 4 is 23.6 Å². The maximum atomic E-state index is 12.8. The molecule has 0 bridgehead atoms. The van der Waals surface area contributed by atoms with E-state index in [4.69, 9.17) is 5.11 Å². The van der Waals surface area contributed by atoms with Gasteiger partial charge in [-0.25, -0.2) is 0 Å². The first-order valence-electron chi connectivity index (χ1n) is 8.41. The summed E-state index contributed by atoms with van der Waals surface area (Å²) in [6.07, 6.45) is 0.319. The van der Waals surface area contributed by atoms with E-state index >= 15 is 0 Å². The Morgan fingerprint density at radius 2 is 2.08 bits per heavy atom. The lowest BCUT2D eigenvalue weighted by molar-refractivity contribution is -0.140. The van der Waals surface area contributed by atoms with Crippen molar-refractivity contribution < 1.29 is 14.7 Å². The molecule has 1 fully saturated rings. The summed E-state index contributed by atoms with van der Waals surface area (Å²) < 4.78 is 1.98. The lowest BCUT2D eigenvalue weighted by atomic mass is 10.1. The third-order valence-electron chi connectivity index (χ3n) is 4.36. The summed E-state index contributed by atoms with van der Waals surface area (Å²) >= 11 is 1.72. The first-order valence-corrected chi connectivity index (χ1v) is 9.57. The molecule has 0 saturated carbocycles. The van der Waals surface area contributed by atoms with Gasteiger partial charge in [-0.05, 0) is 19.8 Å². The molecule has 2 rings (SSSR count). The lowest BCUT2D eigenvalue weighted by Gasteiger charge is -2.34. The molecule has 2 heterocycles. The summed E-state index contributed by atoms with van der Waals surface area (Å²) in [5.74, 6) is 1.22. The van der Waals surface area contributed by atoms with Crippen molar-refractivity contribution in [3.63, 3.8) is 0 Å². The van der Waals surface area contributed by atoms with Crippen molar-refractivity contribution in [2.75, 3.05) is 18.1 Å². The number of hydrogen-bond acceptors (Lipinski definition) is 4. The fraction of sp³-hybridized carbons (Fsp3) is 0.706. The fourth-order valence-corrected chi connectivity index (χ4v) is 4.18. The number of amides is 1. The minimum atomic E-state index is -0.850. The molecular weight excluding hydrogens is 326 g/mol. The zero-order chi connectivity index (χ0) is 17.9. The first-order chi connectivity index (χ1) is 11.3. The smallest absolute Gasteiger partial charge is 0.305 e. The number of carboxylic acids is 1. The number of aryl methyl sites for hydroxylation is 1. The average Bonchev–Trinajstić information content (AvgIpc) is 2.74. The maximum Gasteiger partial charge on any atom is 0.305 e. The van der Waals surface area contributed by atoms with E-state index in [0.29, 0.717) is 24.6 Å². The Hall–Kier alpha value is -1.50. The van der Waals surface area contributed by atoms with Gasteiger partial charge in [0.25, 0.3) is 0 Å². The molecule has 6 nitrogen and oxygen atoms in total. The molecule has 0 aliphatic carbocycles. The van der Waals surface area contributed by atoms with Crippen molar-refractivity contribution in [3.8, 4) is 0 Å². The summed E-state index contributed by atoms with van der Waals surface area (Å²) in [4.78, 5) is 25.6. The monoisotopic (exact) mass is 353 g/mol. The number of carbonyl (C=O) groups excluding carboxylic acids is 1. The summed E-state index contributed by atoms with van der Waals surface area (Å²) in [5, 5.41) is 13.6. The molecule has 134 valence electrons. The van der Waals surface area contributed by atoms with E-state index in [2.05, 4.69) is 18.9 Å². The Kier molecular flexibility index (Phi) is 6.32. The summed E-state index contributed by atoms with van der Waals surface area (Å²) in [6.45, 7) is 9.69. The van der Waals surface area contributed by atoms with Gasteiger partial charge in [-0.15, -0.1) is 0 Å². The SMILES string of the molecule is Cc1nn(CC(C)C)c(C)c1CC(=O)N1CCSCC1CC(=O)O. The third kappa shape index (κ3) is 4.53. The van der Waals surface area contributed by atoms with Gasteiger partial charge in [0.1, 0.15) is 0 Å². The van der Waals surface area contributed by atoms with Gasteiger partial charge in [0, 0.05) is 35.9 Å². The Bertz CT molecular complexity index is 612. The van der Waals surface area contributed by atoms with Gasteiger partial charge in [-0.3, -0.25) is 14.3 Å². The number of carboxylic acid groups (broad SMARTS) is 1. The van der Waals surface area contributed by atoms with Crippen LogP contribution in [-0.2, 0) is 22.6 Å². The van der Waals surface area contributed by atoms with Crippen LogP contribution in [0.1, 0.15) is 37.2 Å². The first kappa shape index (κ1) is 18.8. The Labute approximate surface area is 147 Å². The predicted octanol–water partition coefficient (Wildman–Crippen LogP) is 2.12. The highest BCUT2D eigenvalue weighted by Gasteiger charge is 2.29. The highest BCUT2D eigenvalue weighted by molar-refractivity contribution is 7.99. The van der Waals surface area contributed by atoms with E-state index in [1.54, 1.807) is 16.7 Å². The molecule has 0 radical (unpaired) electrons. The molecule has 24 heavy (non-hydrogen) atoms. The Morgan fingerprint density at radius 1 is 1.38 bits per heavy atom. The molecule has 1 aliphatic rings. The predicted molar refractivity (Wildman–Crippen MR) is 95.3 cm³/mol. The van der Waals surface area contributed by atoms with Crippen LogP contribution in [0.25, 0.3) is 0 Å². The Balaban J connectivity index is 2.13. The average molecular weight is 353 g/mol. The van der Waals surface area contributed by atoms with Crippen LogP contribution in [0.3, 0.4) is 0 Å². The topological polar surface area (TPSA) is 75.4 Å². The highest BCUT2D eigenvalue weighted by Crippen LogP contribution is 2.22. The minimum absolute atomic E-state index is 0.0110. The largest absolute Gasteiger partial charge is 0.481 e. The van der Waals surface area contributed by atoms with Crippen LogP contribution in [0.4, 0.5) is 0 Å². The van der Waals surface area contributed by atoms with Crippen LogP contribution in [0.15, 0.2) is 0 Å². The highest BCUT2D eigenvalue weighted by atomic mass is 32.2. The number of thioether (sulfide) groups is 1. The van der Waals surface area contributed by atoms with E-state index < -0.39 is 5.97 Å². The minimum Gasteiger partial charge on any atom is -0.481 e. The van der Waals surface area contributed by atoms with E-state index in [0.717, 1.165) is 29.2 Å². The second-order valence-corrected chi connectivity index (χ2v) is 7.97. The van der Waals surface area contributed by atoms with Crippen molar-refractivity contribution in [2.45, 2.75) is 53.1 Å². The van der Waals surface area contributed by atoms with E-state index in [9.17, 15) is 9.59 Å². The quantitative estimate of drug-likeness (QED) is 0.848. The number of aliphatic carboxylic acids is 1. The van der Waals surface area contributed by atoms with Crippen LogP contribution in [0.2, 0.25) is 0 Å². The number of hydrogen-bond donors (Lipinski definition) is 1. The van der Waals surface area contributed by atoms with E-state index in [-0.39, 0.29) is 18.4 Å². The molecule has 1 amide bonds. The number of carbonyl (C=O) groups is 2. The molecule has 1 aromatic heterocycles. The van der Waals surface area contributed by atoms with Crippen molar-refractivity contribution in [1.82, 2.24) is 14.7 Å². The molecule has 1 unspecified atom stereocenters. The van der Waals surface area contributed by atoms with Crippen LogP contribution >= 0.6 is 11.8 Å². The number of rotatable bonds is 6.